The second-order valence-electron chi connectivity index (χ2n) is 28.7. The summed E-state index contributed by atoms with van der Waals surface area (Å²) in [5.74, 6) is -0.0809. The largest absolute Gasteiger partial charge is 0.317 e. The molecule has 0 saturated heterocycles. The fraction of sp³-hybridized carbons (Fsp3) is 0.0392. The molecule has 17 aromatic rings. The van der Waals surface area contributed by atoms with Crippen molar-refractivity contribution in [1.29, 1.82) is 0 Å². The smallest absolute Gasteiger partial charge is 0.220 e. The van der Waals surface area contributed by atoms with Crippen molar-refractivity contribution in [2.45, 2.75) is 25.2 Å². The first-order valence-corrected chi connectivity index (χ1v) is 41.9. The normalized spacial score (nSPS) is 12.6. The standard InChI is InChI=1S/C102H80BN3Si2/c1-4-104(101-88(76-41-15-5-16-42-76)63-39-64-89(101)77-43-17-6-18-44-77)98-71-80(105-95-67-37-35-61-92(95)93-62-36-38-68-96(93)105)72-99-100(98)103(74(2)75(3)107(81-49-23-9-24-50-81,82-51-25-10-26-52-82)83-53-27-11-28-54-83)94-70-69-87(108(84-55-29-12-30-56-84,85-57-31-13-32-58-85)86-59-33-14-34-60-86)73-97(94)106(99)102-90(78-45-19-7-20-46-78)65-40-66-91(102)79-47-21-8-22-48-79/h4-75H,1H2,2-3H3/t74-,75?/m1/s1. The molecule has 1 aliphatic rings. The van der Waals surface area contributed by atoms with Gasteiger partial charge in [0.2, 0.25) is 6.71 Å². The number of fused-ring (bicyclic) bond motifs is 5. The number of para-hydroxylation sites is 4. The van der Waals surface area contributed by atoms with Gasteiger partial charge in [-0.3, -0.25) is 0 Å². The zero-order chi connectivity index (χ0) is 72.6. The van der Waals surface area contributed by atoms with Gasteiger partial charge in [-0.2, -0.15) is 0 Å². The first-order chi connectivity index (χ1) is 53.4. The van der Waals surface area contributed by atoms with E-state index in [1.54, 1.807) is 0 Å². The highest BCUT2D eigenvalue weighted by atomic mass is 28.3. The van der Waals surface area contributed by atoms with Crippen LogP contribution in [0.4, 0.5) is 28.4 Å². The SMILES string of the molecule is C=CN(c1cc(-n2c3ccccc3c3ccccc32)cc2c1B([C@H](C)C(C)[Si](c1ccccc1)(c1ccccc1)c1ccccc1)c1ccc([Si](c3ccccc3)(c3ccccc3)c3ccccc3)cc1N2c1c(-c2ccccc2)cccc1-c1ccccc1)c1c(-c2ccccc2)cccc1-c1ccccc1. The molecule has 514 valence electrons. The molecular weight excluding hydrogens is 1330 g/mol. The molecule has 1 unspecified atom stereocenters. The summed E-state index contributed by atoms with van der Waals surface area (Å²) < 4.78 is 2.54. The lowest BCUT2D eigenvalue weighted by atomic mass is 9.31. The molecule has 2 atom stereocenters. The number of benzene rings is 16. The second kappa shape index (κ2) is 28.9. The quantitative estimate of drug-likeness (QED) is 0.0590. The Morgan fingerprint density at radius 3 is 1.08 bits per heavy atom. The Balaban J connectivity index is 1.07. The van der Waals surface area contributed by atoms with Crippen molar-refractivity contribution < 1.29 is 0 Å². The van der Waals surface area contributed by atoms with Crippen LogP contribution >= 0.6 is 0 Å². The van der Waals surface area contributed by atoms with Crippen LogP contribution in [0.2, 0.25) is 11.4 Å². The molecule has 0 N–H and O–H groups in total. The van der Waals surface area contributed by atoms with E-state index in [1.807, 2.05) is 0 Å². The van der Waals surface area contributed by atoms with Gasteiger partial charge in [0, 0.05) is 56.3 Å². The lowest BCUT2D eigenvalue weighted by molar-refractivity contribution is 0.839. The van der Waals surface area contributed by atoms with Crippen molar-refractivity contribution in [1.82, 2.24) is 4.57 Å². The maximum absolute atomic E-state index is 5.06. The van der Waals surface area contributed by atoms with Crippen molar-refractivity contribution in [2.75, 3.05) is 9.80 Å². The zero-order valence-corrected chi connectivity index (χ0v) is 62.7. The predicted molar refractivity (Wildman–Crippen MR) is 467 cm³/mol. The van der Waals surface area contributed by atoms with Gasteiger partial charge in [0.05, 0.1) is 28.1 Å². The van der Waals surface area contributed by atoms with Crippen molar-refractivity contribution >= 4 is 120 Å². The number of hydrogen-bond donors (Lipinski definition) is 0. The molecule has 0 radical (unpaired) electrons. The van der Waals surface area contributed by atoms with E-state index in [4.69, 9.17) is 6.58 Å². The van der Waals surface area contributed by atoms with Gasteiger partial charge in [0.25, 0.3) is 0 Å². The number of nitrogens with zero attached hydrogens (tertiary/aromatic N) is 3. The lowest BCUT2D eigenvalue weighted by Gasteiger charge is -2.47. The summed E-state index contributed by atoms with van der Waals surface area (Å²) in [4.78, 5) is 5.25. The van der Waals surface area contributed by atoms with Gasteiger partial charge in [-0.05, 0) is 99.9 Å². The van der Waals surface area contributed by atoms with Crippen LogP contribution in [0.3, 0.4) is 0 Å². The minimum Gasteiger partial charge on any atom is -0.317 e. The van der Waals surface area contributed by atoms with E-state index >= 15 is 0 Å². The maximum atomic E-state index is 5.06. The van der Waals surface area contributed by atoms with E-state index < -0.39 is 16.1 Å². The average molecular weight is 1410 g/mol. The Labute approximate surface area is 637 Å². The van der Waals surface area contributed by atoms with Crippen molar-refractivity contribution in [3.05, 3.63) is 431 Å². The van der Waals surface area contributed by atoms with Crippen molar-refractivity contribution in [3.63, 3.8) is 0 Å². The van der Waals surface area contributed by atoms with E-state index in [9.17, 15) is 0 Å². The highest BCUT2D eigenvalue weighted by Crippen LogP contribution is 2.53. The number of hydrogen-bond acceptors (Lipinski definition) is 2. The molecule has 0 aliphatic carbocycles. The van der Waals surface area contributed by atoms with Crippen LogP contribution in [0.5, 0.6) is 0 Å². The topological polar surface area (TPSA) is 11.4 Å². The van der Waals surface area contributed by atoms with Crippen LogP contribution in [-0.4, -0.2) is 27.4 Å². The highest BCUT2D eigenvalue weighted by molar-refractivity contribution is 7.20. The highest BCUT2D eigenvalue weighted by Gasteiger charge is 2.53. The molecule has 6 heteroatoms. The first-order valence-electron chi connectivity index (χ1n) is 37.8. The number of rotatable bonds is 19. The van der Waals surface area contributed by atoms with Crippen LogP contribution in [0.25, 0.3) is 72.0 Å². The van der Waals surface area contributed by atoms with E-state index in [-0.39, 0.29) is 18.1 Å². The van der Waals surface area contributed by atoms with Gasteiger partial charge >= 0.3 is 0 Å². The minimum absolute atomic E-state index is 0.0306. The molecule has 3 nitrogen and oxygen atoms in total. The molecule has 108 heavy (non-hydrogen) atoms. The summed E-state index contributed by atoms with van der Waals surface area (Å²) >= 11 is 0. The minimum atomic E-state index is -3.29. The third-order valence-electron chi connectivity index (χ3n) is 23.2. The summed E-state index contributed by atoms with van der Waals surface area (Å²) in [6, 6.07) is 158. The van der Waals surface area contributed by atoms with Gasteiger partial charge in [-0.1, -0.05) is 420 Å². The molecule has 0 bridgehead atoms. The summed E-state index contributed by atoms with van der Waals surface area (Å²) in [6.07, 6.45) is 2.12. The Hall–Kier alpha value is -12.8. The van der Waals surface area contributed by atoms with Gasteiger partial charge in [0.15, 0.2) is 16.1 Å². The Morgan fingerprint density at radius 1 is 0.333 bits per heavy atom. The monoisotopic (exact) mass is 1410 g/mol. The van der Waals surface area contributed by atoms with Gasteiger partial charge in [0.1, 0.15) is 0 Å². The van der Waals surface area contributed by atoms with Crippen molar-refractivity contribution in [3.8, 4) is 50.2 Å². The fourth-order valence-electron chi connectivity index (χ4n) is 18.4. The van der Waals surface area contributed by atoms with Gasteiger partial charge in [-0.15, -0.1) is 0 Å². The summed E-state index contributed by atoms with van der Waals surface area (Å²) in [5.41, 5.74) is 20.0. The summed E-state index contributed by atoms with van der Waals surface area (Å²) in [6.45, 7) is 10.0. The molecule has 1 aromatic heterocycles. The average Bonchev–Trinajstić information content (AvgIpc) is 1.50. The van der Waals surface area contributed by atoms with E-state index in [2.05, 4.69) is 453 Å². The first kappa shape index (κ1) is 67.1. The molecule has 1 aliphatic heterocycles. The predicted octanol–water partition coefficient (Wildman–Crippen LogP) is 20.5. The van der Waals surface area contributed by atoms with Crippen LogP contribution < -0.4 is 57.0 Å². The molecular formula is C102H80BN3Si2. The fourth-order valence-corrected chi connectivity index (χ4v) is 28.9. The van der Waals surface area contributed by atoms with E-state index in [0.717, 1.165) is 89.7 Å². The van der Waals surface area contributed by atoms with Gasteiger partial charge in [-0.25, -0.2) is 0 Å². The van der Waals surface area contributed by atoms with Crippen LogP contribution in [0.1, 0.15) is 13.8 Å². The second-order valence-corrected chi connectivity index (χ2v) is 36.7. The van der Waals surface area contributed by atoms with Crippen LogP contribution in [0, 0.1) is 0 Å². The third kappa shape index (κ3) is 11.3. The van der Waals surface area contributed by atoms with Crippen molar-refractivity contribution in [2.24, 2.45) is 0 Å². The zero-order valence-electron chi connectivity index (χ0n) is 60.7. The summed E-state index contributed by atoms with van der Waals surface area (Å²) in [5, 5.41) is 11.7. The Morgan fingerprint density at radius 2 is 0.685 bits per heavy atom. The van der Waals surface area contributed by atoms with Crippen LogP contribution in [-0.2, 0) is 0 Å². The van der Waals surface area contributed by atoms with Crippen LogP contribution in [0.15, 0.2) is 431 Å². The lowest BCUT2D eigenvalue weighted by Crippen LogP contribution is -2.75. The molecule has 2 heterocycles. The maximum Gasteiger partial charge on any atom is 0.220 e. The molecule has 16 aromatic carbocycles. The van der Waals surface area contributed by atoms with E-state index in [1.165, 1.54) is 58.0 Å². The summed E-state index contributed by atoms with van der Waals surface area (Å²) in [7, 11) is -6.45. The van der Waals surface area contributed by atoms with E-state index in [0.29, 0.717) is 0 Å². The Bertz CT molecular complexity index is 5690. The third-order valence-corrected chi connectivity index (χ3v) is 33.6. The number of anilines is 5. The molecule has 0 saturated carbocycles. The molecule has 0 fully saturated rings. The molecule has 0 spiro atoms. The van der Waals surface area contributed by atoms with Gasteiger partial charge < -0.3 is 14.4 Å². The molecule has 0 amide bonds. The Kier molecular flexibility index (Phi) is 17.9. The molecule has 18 rings (SSSR count). The number of aromatic nitrogens is 1.